The van der Waals surface area contributed by atoms with Gasteiger partial charge in [0.1, 0.15) is 0 Å². The van der Waals surface area contributed by atoms with Crippen LogP contribution < -0.4 is 5.11 Å². The molecule has 0 saturated heterocycles. The maximum absolute atomic E-state index is 8.89. The molecule has 2 nitrogen and oxygen atoms in total. The van der Waals surface area contributed by atoms with Crippen molar-refractivity contribution in [1.82, 2.24) is 0 Å². The third-order valence-electron chi connectivity index (χ3n) is 0. The van der Waals surface area contributed by atoms with Crippen molar-refractivity contribution < 1.29 is 52.3 Å². The molecule has 5 heteroatoms. The van der Waals surface area contributed by atoms with Crippen molar-refractivity contribution in [3.05, 3.63) is 0 Å². The SMILES string of the molecule is CC(=O)[O-].[Ag+].[Cl][Ag]. The van der Waals surface area contributed by atoms with E-state index in [-0.39, 0.29) is 22.4 Å². The molecule has 0 aromatic heterocycles. The van der Waals surface area contributed by atoms with Crippen molar-refractivity contribution in [3.63, 3.8) is 0 Å². The number of carbonyl (C=O) groups is 1. The van der Waals surface area contributed by atoms with Crippen LogP contribution in [0, 0.1) is 0 Å². The second-order valence-electron chi connectivity index (χ2n) is 0.492. The summed E-state index contributed by atoms with van der Waals surface area (Å²) >= 11 is 2.42. The molecule has 0 atom stereocenters. The van der Waals surface area contributed by atoms with Crippen molar-refractivity contribution >= 4 is 15.2 Å². The Morgan fingerprint density at radius 2 is 1.71 bits per heavy atom. The number of carbonyl (C=O) groups excluding carboxylic acids is 1. The molecular weight excluding hydrogens is 307 g/mol. The quantitative estimate of drug-likeness (QED) is 0.563. The third kappa shape index (κ3) is 129. The zero-order valence-corrected chi connectivity index (χ0v) is 7.02. The Kier molecular flexibility index (Phi) is 35.2. The molecule has 0 unspecified atom stereocenters. The van der Waals surface area contributed by atoms with Gasteiger partial charge in [0.15, 0.2) is 0 Å². The molecule has 0 saturated carbocycles. The Morgan fingerprint density at radius 3 is 1.71 bits per heavy atom. The van der Waals surface area contributed by atoms with Gasteiger partial charge in [-0.3, -0.25) is 0 Å². The Bertz CT molecular complexity index is 36.7. The zero-order chi connectivity index (χ0) is 5.58. The molecule has 0 rings (SSSR count). The molecule has 0 bridgehead atoms. The van der Waals surface area contributed by atoms with Gasteiger partial charge in [-0.25, -0.2) is 0 Å². The first-order valence-electron chi connectivity index (χ1n) is 1.02. The van der Waals surface area contributed by atoms with Crippen LogP contribution in [0.5, 0.6) is 0 Å². The van der Waals surface area contributed by atoms with E-state index in [2.05, 4.69) is 29.2 Å². The van der Waals surface area contributed by atoms with Gasteiger partial charge in [0.25, 0.3) is 0 Å². The molecular formula is C2H3Ag2ClO2. The van der Waals surface area contributed by atoms with Crippen molar-refractivity contribution in [2.75, 3.05) is 0 Å². The number of hydrogen-bond donors (Lipinski definition) is 0. The fourth-order valence-corrected chi connectivity index (χ4v) is 0. The molecule has 0 heterocycles. The van der Waals surface area contributed by atoms with Crippen LogP contribution in [0.2, 0.25) is 0 Å². The topological polar surface area (TPSA) is 40.1 Å². The molecule has 0 aliphatic rings. The first-order valence-corrected chi connectivity index (χ1v) is 2.93. The number of halogens is 1. The van der Waals surface area contributed by atoms with Gasteiger partial charge >= 0.3 is 51.6 Å². The van der Waals surface area contributed by atoms with Crippen molar-refractivity contribution in [2.24, 2.45) is 0 Å². The monoisotopic (exact) mass is 308 g/mol. The summed E-state index contributed by atoms with van der Waals surface area (Å²) in [4.78, 5) is 8.89. The number of carboxylic acid groups (broad SMARTS) is 1. The van der Waals surface area contributed by atoms with Gasteiger partial charge in [-0.15, -0.1) is 0 Å². The second kappa shape index (κ2) is 15.7. The van der Waals surface area contributed by atoms with Gasteiger partial charge < -0.3 is 9.90 Å². The molecule has 52 valence electrons. The summed E-state index contributed by atoms with van der Waals surface area (Å²) in [6.07, 6.45) is 0. The molecule has 0 radical (unpaired) electrons. The van der Waals surface area contributed by atoms with Crippen LogP contribution in [0.25, 0.3) is 0 Å². The first kappa shape index (κ1) is 15.7. The molecule has 0 aromatic rings. The Balaban J connectivity index is -0.0000000480. The Hall–Kier alpha value is 1.24. The summed E-state index contributed by atoms with van der Waals surface area (Å²) in [5.74, 6) is -1.08. The summed E-state index contributed by atoms with van der Waals surface area (Å²) in [5.41, 5.74) is 0. The third-order valence-corrected chi connectivity index (χ3v) is 0. The minimum absolute atomic E-state index is 0. The van der Waals surface area contributed by atoms with E-state index in [4.69, 9.17) is 9.90 Å². The number of hydrogen-bond acceptors (Lipinski definition) is 2. The molecule has 0 aliphatic carbocycles. The molecule has 0 fully saturated rings. The molecule has 0 amide bonds. The minimum atomic E-state index is -1.08. The van der Waals surface area contributed by atoms with Gasteiger partial charge in [-0.2, -0.15) is 0 Å². The van der Waals surface area contributed by atoms with Gasteiger partial charge in [0.05, 0.1) is 0 Å². The van der Waals surface area contributed by atoms with Crippen molar-refractivity contribution in [3.8, 4) is 0 Å². The summed E-state index contributed by atoms with van der Waals surface area (Å²) in [6, 6.07) is 0. The van der Waals surface area contributed by atoms with Crippen LogP contribution >= 0.6 is 9.19 Å². The second-order valence-corrected chi connectivity index (χ2v) is 0.492. The van der Waals surface area contributed by atoms with E-state index in [1.165, 1.54) is 0 Å². The average Bonchev–Trinajstić information content (AvgIpc) is 1.41. The summed E-state index contributed by atoms with van der Waals surface area (Å²) in [7, 11) is 4.45. The van der Waals surface area contributed by atoms with E-state index in [9.17, 15) is 0 Å². The summed E-state index contributed by atoms with van der Waals surface area (Å²) in [6.45, 7) is 0.972. The van der Waals surface area contributed by atoms with E-state index in [1.807, 2.05) is 0 Å². The molecule has 0 aliphatic heterocycles. The Labute approximate surface area is 73.9 Å². The maximum atomic E-state index is 8.89. The van der Waals surface area contributed by atoms with Crippen LogP contribution in [0.15, 0.2) is 0 Å². The van der Waals surface area contributed by atoms with E-state index in [0.29, 0.717) is 0 Å². The Morgan fingerprint density at radius 1 is 1.71 bits per heavy atom. The average molecular weight is 310 g/mol. The van der Waals surface area contributed by atoms with Gasteiger partial charge in [-0.05, 0) is 6.92 Å². The fraction of sp³-hybridized carbons (Fsp3) is 0.500. The normalized spacial score (nSPS) is 4.57. The fourth-order valence-electron chi connectivity index (χ4n) is 0. The zero-order valence-electron chi connectivity index (χ0n) is 3.30. The van der Waals surface area contributed by atoms with E-state index in [0.717, 1.165) is 6.92 Å². The molecule has 0 spiro atoms. The number of aliphatic carboxylic acids is 1. The number of rotatable bonds is 0. The molecule has 0 N–H and O–H groups in total. The predicted octanol–water partition coefficient (Wildman–Crippen LogP) is -0.559. The van der Waals surface area contributed by atoms with Crippen LogP contribution in [-0.4, -0.2) is 5.97 Å². The number of carboxylic acids is 1. The van der Waals surface area contributed by atoms with Gasteiger partial charge in [0, 0.05) is 5.97 Å². The van der Waals surface area contributed by atoms with Crippen molar-refractivity contribution in [2.45, 2.75) is 6.92 Å². The summed E-state index contributed by atoms with van der Waals surface area (Å²) in [5, 5.41) is 8.89. The standard InChI is InChI=1S/C2H4O2.2Ag.ClH/c1-2(3)4;;;/h1H3,(H,3,4);;;1H/q;2*+1;/p-2. The van der Waals surface area contributed by atoms with Gasteiger partial charge in [-0.1, -0.05) is 0 Å². The van der Waals surface area contributed by atoms with E-state index >= 15 is 0 Å². The van der Waals surface area contributed by atoms with E-state index < -0.39 is 5.97 Å². The van der Waals surface area contributed by atoms with Crippen LogP contribution in [0.4, 0.5) is 0 Å². The van der Waals surface area contributed by atoms with Crippen LogP contribution in [-0.2, 0) is 47.2 Å². The molecule has 7 heavy (non-hydrogen) atoms. The van der Waals surface area contributed by atoms with Crippen LogP contribution in [0.3, 0.4) is 0 Å². The molecule has 0 aromatic carbocycles. The van der Waals surface area contributed by atoms with E-state index in [1.54, 1.807) is 0 Å². The van der Waals surface area contributed by atoms with Crippen molar-refractivity contribution in [1.29, 1.82) is 0 Å². The first-order chi connectivity index (χ1) is 2.73. The van der Waals surface area contributed by atoms with Crippen LogP contribution in [0.1, 0.15) is 6.92 Å². The van der Waals surface area contributed by atoms with Gasteiger partial charge in [0.2, 0.25) is 0 Å². The predicted molar refractivity (Wildman–Crippen MR) is 16.5 cm³/mol. The summed E-state index contributed by atoms with van der Waals surface area (Å²) < 4.78 is 0.